The van der Waals surface area contributed by atoms with Crippen LogP contribution in [0.2, 0.25) is 0 Å². The van der Waals surface area contributed by atoms with Crippen LogP contribution in [0, 0.1) is 0 Å². The zero-order chi connectivity index (χ0) is 20.3. The van der Waals surface area contributed by atoms with E-state index in [-0.39, 0.29) is 5.91 Å². The molecule has 0 aliphatic carbocycles. The average Bonchev–Trinajstić information content (AvgIpc) is 3.24. The first kappa shape index (κ1) is 18.1. The van der Waals surface area contributed by atoms with Crippen LogP contribution in [0.1, 0.15) is 27.0 Å². The Morgan fingerprint density at radius 3 is 2.23 bits per heavy atom. The summed E-state index contributed by atoms with van der Waals surface area (Å²) in [5, 5.41) is 6.41. The van der Waals surface area contributed by atoms with E-state index in [9.17, 15) is 4.79 Å². The lowest BCUT2D eigenvalue weighted by Gasteiger charge is -2.17. The van der Waals surface area contributed by atoms with Crippen LogP contribution in [-0.2, 0) is 13.1 Å². The van der Waals surface area contributed by atoms with Gasteiger partial charge in [0.2, 0.25) is 0 Å². The third-order valence-electron chi connectivity index (χ3n) is 5.53. The van der Waals surface area contributed by atoms with Gasteiger partial charge in [-0.3, -0.25) is 4.79 Å². The fraction of sp³-hybridized carbons (Fsp3) is 0.0769. The lowest BCUT2D eigenvalue weighted by Crippen LogP contribution is -2.18. The Kier molecular flexibility index (Phi) is 4.74. The molecule has 1 N–H and O–H groups in total. The molecule has 0 saturated heterocycles. The molecule has 30 heavy (non-hydrogen) atoms. The van der Waals surface area contributed by atoms with E-state index in [2.05, 4.69) is 51.8 Å². The maximum Gasteiger partial charge on any atom is 0.271 e. The number of rotatable bonds is 4. The third-order valence-corrected chi connectivity index (χ3v) is 5.53. The minimum Gasteiger partial charge on any atom is -0.363 e. The van der Waals surface area contributed by atoms with Crippen molar-refractivity contribution in [3.63, 3.8) is 0 Å². The van der Waals surface area contributed by atoms with Crippen molar-refractivity contribution in [2.24, 2.45) is 5.10 Å². The number of carbonyl (C=O) groups excluding carboxylic acids is 1. The molecule has 4 aromatic carbocycles. The van der Waals surface area contributed by atoms with E-state index in [1.54, 1.807) is 6.21 Å². The first-order valence-electron chi connectivity index (χ1n) is 10.0. The Morgan fingerprint density at radius 1 is 0.800 bits per heavy atom. The minimum atomic E-state index is -0.220. The second-order valence-corrected chi connectivity index (χ2v) is 7.44. The van der Waals surface area contributed by atoms with Gasteiger partial charge < -0.3 is 4.90 Å². The van der Waals surface area contributed by atoms with Gasteiger partial charge in [0.05, 0.1) is 6.21 Å². The van der Waals surface area contributed by atoms with E-state index in [0.29, 0.717) is 5.56 Å². The summed E-state index contributed by atoms with van der Waals surface area (Å²) in [6, 6.07) is 30.3. The molecule has 0 radical (unpaired) electrons. The Morgan fingerprint density at radius 2 is 1.47 bits per heavy atom. The van der Waals surface area contributed by atoms with Gasteiger partial charge in [-0.05, 0) is 46.2 Å². The molecular weight excluding hydrogens is 370 g/mol. The summed E-state index contributed by atoms with van der Waals surface area (Å²) in [7, 11) is 0. The van der Waals surface area contributed by atoms with Crippen LogP contribution in [0.3, 0.4) is 0 Å². The fourth-order valence-electron chi connectivity index (χ4n) is 3.93. The Bertz CT molecular complexity index is 1210. The van der Waals surface area contributed by atoms with E-state index >= 15 is 0 Å². The van der Waals surface area contributed by atoms with Crippen molar-refractivity contribution < 1.29 is 4.79 Å². The molecule has 4 nitrogen and oxygen atoms in total. The molecule has 5 rings (SSSR count). The number of amides is 1. The van der Waals surface area contributed by atoms with Gasteiger partial charge in [0.1, 0.15) is 0 Å². The number of carbonyl (C=O) groups is 1. The number of hydrogen-bond donors (Lipinski definition) is 1. The quantitative estimate of drug-likeness (QED) is 0.387. The van der Waals surface area contributed by atoms with Gasteiger partial charge in [-0.2, -0.15) is 5.10 Å². The van der Waals surface area contributed by atoms with E-state index in [1.807, 2.05) is 54.6 Å². The molecule has 1 aliphatic rings. The molecule has 0 fully saturated rings. The number of anilines is 1. The molecule has 1 aliphatic heterocycles. The van der Waals surface area contributed by atoms with Crippen molar-refractivity contribution in [1.82, 2.24) is 5.43 Å². The van der Waals surface area contributed by atoms with Crippen LogP contribution in [0.25, 0.3) is 10.8 Å². The highest BCUT2D eigenvalue weighted by atomic mass is 16.2. The van der Waals surface area contributed by atoms with Crippen molar-refractivity contribution in [3.05, 3.63) is 113 Å². The number of nitrogens with one attached hydrogen (secondary N) is 1. The molecule has 4 heteroatoms. The second-order valence-electron chi connectivity index (χ2n) is 7.44. The van der Waals surface area contributed by atoms with Crippen LogP contribution >= 0.6 is 0 Å². The number of nitrogens with zero attached hydrogens (tertiary/aromatic N) is 2. The van der Waals surface area contributed by atoms with Gasteiger partial charge in [0.25, 0.3) is 5.91 Å². The van der Waals surface area contributed by atoms with Crippen LogP contribution in [0.15, 0.2) is 96.1 Å². The predicted octanol–water partition coefficient (Wildman–Crippen LogP) is 5.12. The van der Waals surface area contributed by atoms with Crippen molar-refractivity contribution in [2.45, 2.75) is 13.1 Å². The van der Waals surface area contributed by atoms with Crippen molar-refractivity contribution in [2.75, 3.05) is 4.90 Å². The van der Waals surface area contributed by atoms with E-state index in [4.69, 9.17) is 0 Å². The molecule has 4 aromatic rings. The number of hydrogen-bond acceptors (Lipinski definition) is 3. The highest BCUT2D eigenvalue weighted by molar-refractivity contribution is 6.00. The Hall–Kier alpha value is -3.92. The summed E-state index contributed by atoms with van der Waals surface area (Å²) < 4.78 is 0. The molecule has 0 unspecified atom stereocenters. The molecule has 146 valence electrons. The largest absolute Gasteiger partial charge is 0.363 e. The normalized spacial score (nSPS) is 13.0. The van der Waals surface area contributed by atoms with Gasteiger partial charge in [0.15, 0.2) is 0 Å². The molecular formula is C26H21N3O. The topological polar surface area (TPSA) is 44.7 Å². The van der Waals surface area contributed by atoms with Crippen molar-refractivity contribution in [1.29, 1.82) is 0 Å². The highest BCUT2D eigenvalue weighted by Crippen LogP contribution is 2.28. The van der Waals surface area contributed by atoms with Crippen LogP contribution in [-0.4, -0.2) is 12.1 Å². The number of benzene rings is 4. The fourth-order valence-corrected chi connectivity index (χ4v) is 3.93. The number of fused-ring (bicyclic) bond motifs is 2. The zero-order valence-electron chi connectivity index (χ0n) is 16.5. The molecule has 1 heterocycles. The monoisotopic (exact) mass is 391 g/mol. The van der Waals surface area contributed by atoms with Gasteiger partial charge >= 0.3 is 0 Å². The van der Waals surface area contributed by atoms with E-state index < -0.39 is 0 Å². The zero-order valence-corrected chi connectivity index (χ0v) is 16.5. The maximum absolute atomic E-state index is 12.5. The van der Waals surface area contributed by atoms with Crippen molar-refractivity contribution in [3.8, 4) is 0 Å². The second kappa shape index (κ2) is 7.84. The molecule has 0 spiro atoms. The van der Waals surface area contributed by atoms with E-state index in [0.717, 1.165) is 35.1 Å². The molecule has 0 bridgehead atoms. The molecule has 0 saturated carbocycles. The third kappa shape index (κ3) is 3.55. The summed E-state index contributed by atoms with van der Waals surface area (Å²) >= 11 is 0. The summed E-state index contributed by atoms with van der Waals surface area (Å²) in [6.45, 7) is 1.80. The van der Waals surface area contributed by atoms with Crippen LogP contribution < -0.4 is 10.3 Å². The summed E-state index contributed by atoms with van der Waals surface area (Å²) in [4.78, 5) is 14.8. The predicted molar refractivity (Wildman–Crippen MR) is 122 cm³/mol. The summed E-state index contributed by atoms with van der Waals surface area (Å²) in [5.74, 6) is -0.220. The average molecular weight is 391 g/mol. The number of hydrazone groups is 1. The van der Waals surface area contributed by atoms with Gasteiger partial charge in [0, 0.05) is 29.9 Å². The lowest BCUT2D eigenvalue weighted by molar-refractivity contribution is 0.0955. The van der Waals surface area contributed by atoms with E-state index in [1.165, 1.54) is 11.1 Å². The van der Waals surface area contributed by atoms with Crippen molar-refractivity contribution >= 4 is 28.6 Å². The Labute approximate surface area is 175 Å². The molecule has 1 amide bonds. The van der Waals surface area contributed by atoms with Gasteiger partial charge in [-0.25, -0.2) is 5.43 Å². The van der Waals surface area contributed by atoms with Gasteiger partial charge in [-0.1, -0.05) is 66.7 Å². The first-order chi connectivity index (χ1) is 14.8. The molecule has 0 atom stereocenters. The molecule has 0 aromatic heterocycles. The first-order valence-corrected chi connectivity index (χ1v) is 10.0. The maximum atomic E-state index is 12.5. The summed E-state index contributed by atoms with van der Waals surface area (Å²) in [6.07, 6.45) is 1.69. The minimum absolute atomic E-state index is 0.220. The Balaban J connectivity index is 1.25. The lowest BCUT2D eigenvalue weighted by atomic mass is 10.1. The van der Waals surface area contributed by atoms with Crippen LogP contribution in [0.5, 0.6) is 0 Å². The summed E-state index contributed by atoms with van der Waals surface area (Å²) in [5.41, 5.74) is 8.03. The van der Waals surface area contributed by atoms with Crippen LogP contribution in [0.4, 0.5) is 5.69 Å². The standard InChI is InChI=1S/C26H21N3O/c30-26(28-27-16-21-10-5-9-19-6-3-4-11-25(19)21)20-12-14-24(15-13-20)29-17-22-7-1-2-8-23(22)18-29/h1-16H,17-18H2,(H,28,30)/b27-16-. The van der Waals surface area contributed by atoms with Gasteiger partial charge in [-0.15, -0.1) is 0 Å². The smallest absolute Gasteiger partial charge is 0.271 e. The SMILES string of the molecule is O=C(N/N=C\c1cccc2ccccc12)c1ccc(N2Cc3ccccc3C2)cc1. The highest BCUT2D eigenvalue weighted by Gasteiger charge is 2.18.